The summed E-state index contributed by atoms with van der Waals surface area (Å²) in [4.78, 5) is 8.93. The van der Waals surface area contributed by atoms with Gasteiger partial charge in [0.05, 0.1) is 0 Å². The van der Waals surface area contributed by atoms with Crippen LogP contribution in [0.1, 0.15) is 19.4 Å². The molecule has 0 atom stereocenters. The van der Waals surface area contributed by atoms with Gasteiger partial charge in [-0.15, -0.1) is 0 Å². The molecule has 1 aromatic rings. The molecule has 0 aliphatic carbocycles. The van der Waals surface area contributed by atoms with Crippen molar-refractivity contribution >= 4 is 0 Å². The van der Waals surface area contributed by atoms with Crippen LogP contribution >= 0.6 is 0 Å². The predicted molar refractivity (Wildman–Crippen MR) is 70.5 cm³/mol. The predicted octanol–water partition coefficient (Wildman–Crippen LogP) is 2.12. The number of nitrogens with zero attached hydrogens (tertiary/aromatic N) is 3. The van der Waals surface area contributed by atoms with Gasteiger partial charge in [0, 0.05) is 51.3 Å². The summed E-state index contributed by atoms with van der Waals surface area (Å²) in [6.07, 6.45) is 3.74. The summed E-state index contributed by atoms with van der Waals surface area (Å²) in [6.45, 7) is 8.72. The topological polar surface area (TPSA) is 19.4 Å². The van der Waals surface area contributed by atoms with Crippen LogP contribution in [0.15, 0.2) is 35.8 Å². The minimum Gasteiger partial charge on any atom is -0.376 e. The van der Waals surface area contributed by atoms with Gasteiger partial charge in [-0.2, -0.15) is 0 Å². The molecule has 0 saturated carbocycles. The van der Waals surface area contributed by atoms with Crippen molar-refractivity contribution in [3.05, 3.63) is 41.4 Å². The minimum absolute atomic E-state index is 1.02. The van der Waals surface area contributed by atoms with Crippen molar-refractivity contribution in [3.63, 3.8) is 0 Å². The molecule has 0 aromatic carbocycles. The Bertz CT molecular complexity index is 393. The number of allylic oxidation sites excluding steroid dienone is 1. The molecule has 1 saturated heterocycles. The van der Waals surface area contributed by atoms with E-state index in [0.717, 1.165) is 26.2 Å². The summed E-state index contributed by atoms with van der Waals surface area (Å²) in [5.74, 6) is 0. The Morgan fingerprint density at radius 2 is 1.94 bits per heavy atom. The molecule has 3 nitrogen and oxygen atoms in total. The molecule has 3 heteroatoms. The molecule has 17 heavy (non-hydrogen) atoms. The molecule has 0 spiro atoms. The van der Waals surface area contributed by atoms with E-state index in [1.807, 2.05) is 12.4 Å². The highest BCUT2D eigenvalue weighted by Crippen LogP contribution is 2.16. The number of likely N-dealkylation sites (N-methyl/N-ethyl adjacent to an activating group) is 1. The van der Waals surface area contributed by atoms with Gasteiger partial charge in [-0.3, -0.25) is 9.88 Å². The van der Waals surface area contributed by atoms with Crippen molar-refractivity contribution < 1.29 is 0 Å². The minimum atomic E-state index is 1.02. The molecule has 2 heterocycles. The number of hydrogen-bond acceptors (Lipinski definition) is 3. The number of aromatic nitrogens is 1. The summed E-state index contributed by atoms with van der Waals surface area (Å²) in [6, 6.07) is 4.20. The van der Waals surface area contributed by atoms with Crippen LogP contribution in [0.2, 0.25) is 0 Å². The lowest BCUT2D eigenvalue weighted by molar-refractivity contribution is 0.187. The third-order valence-electron chi connectivity index (χ3n) is 3.32. The fraction of sp³-hybridized carbons (Fsp3) is 0.500. The summed E-state index contributed by atoms with van der Waals surface area (Å²) < 4.78 is 0. The van der Waals surface area contributed by atoms with Crippen molar-refractivity contribution in [1.29, 1.82) is 0 Å². The number of hydrogen-bond donors (Lipinski definition) is 0. The van der Waals surface area contributed by atoms with Gasteiger partial charge in [0.15, 0.2) is 0 Å². The lowest BCUT2D eigenvalue weighted by atomic mass is 10.1. The zero-order valence-corrected chi connectivity index (χ0v) is 11.0. The zero-order valence-electron chi connectivity index (χ0n) is 11.0. The highest BCUT2D eigenvalue weighted by molar-refractivity contribution is 5.15. The highest BCUT2D eigenvalue weighted by Gasteiger charge is 2.18. The lowest BCUT2D eigenvalue weighted by Crippen LogP contribution is -2.42. The van der Waals surface area contributed by atoms with Gasteiger partial charge in [-0.05, 0) is 31.5 Å². The number of rotatable bonds is 2. The van der Waals surface area contributed by atoms with E-state index in [2.05, 4.69) is 47.8 Å². The molecule has 2 rings (SSSR count). The highest BCUT2D eigenvalue weighted by atomic mass is 15.3. The van der Waals surface area contributed by atoms with Crippen LogP contribution in [0.25, 0.3) is 0 Å². The number of pyridine rings is 1. The summed E-state index contributed by atoms with van der Waals surface area (Å²) >= 11 is 0. The van der Waals surface area contributed by atoms with Gasteiger partial charge in [-0.25, -0.2) is 0 Å². The maximum atomic E-state index is 4.06. The second kappa shape index (κ2) is 5.32. The maximum Gasteiger partial charge on any atom is 0.0387 e. The molecular weight excluding hydrogens is 210 g/mol. The van der Waals surface area contributed by atoms with Gasteiger partial charge in [0.25, 0.3) is 0 Å². The smallest absolute Gasteiger partial charge is 0.0387 e. The fourth-order valence-corrected chi connectivity index (χ4v) is 2.26. The van der Waals surface area contributed by atoms with Crippen molar-refractivity contribution in [2.75, 3.05) is 26.7 Å². The first-order chi connectivity index (χ1) is 8.16. The average molecular weight is 231 g/mol. The Morgan fingerprint density at radius 3 is 2.59 bits per heavy atom. The van der Waals surface area contributed by atoms with E-state index in [1.54, 1.807) is 0 Å². The van der Waals surface area contributed by atoms with E-state index < -0.39 is 0 Å². The van der Waals surface area contributed by atoms with Crippen molar-refractivity contribution in [2.45, 2.75) is 20.4 Å². The molecule has 0 unspecified atom stereocenters. The van der Waals surface area contributed by atoms with Gasteiger partial charge in [0.1, 0.15) is 0 Å². The Morgan fingerprint density at radius 1 is 1.24 bits per heavy atom. The molecule has 1 aliphatic heterocycles. The Hall–Kier alpha value is -1.35. The van der Waals surface area contributed by atoms with Gasteiger partial charge < -0.3 is 4.90 Å². The Kier molecular flexibility index (Phi) is 3.79. The van der Waals surface area contributed by atoms with Crippen LogP contribution in [0.4, 0.5) is 0 Å². The molecule has 92 valence electrons. The van der Waals surface area contributed by atoms with Gasteiger partial charge >= 0.3 is 0 Å². The second-order valence-corrected chi connectivity index (χ2v) is 4.93. The van der Waals surface area contributed by atoms with E-state index in [1.165, 1.54) is 16.8 Å². The van der Waals surface area contributed by atoms with Crippen molar-refractivity contribution in [1.82, 2.24) is 14.8 Å². The average Bonchev–Trinajstić information content (AvgIpc) is 2.32. The van der Waals surface area contributed by atoms with Crippen LogP contribution in [-0.2, 0) is 6.54 Å². The normalized spacial score (nSPS) is 17.4. The van der Waals surface area contributed by atoms with E-state index >= 15 is 0 Å². The SMILES string of the molecule is CC(C)=C1CN(Cc2ccncc2)CCN1C. The van der Waals surface area contributed by atoms with Crippen LogP contribution in [0.3, 0.4) is 0 Å². The molecule has 1 aromatic heterocycles. The molecule has 1 aliphatic rings. The monoisotopic (exact) mass is 231 g/mol. The van der Waals surface area contributed by atoms with Crippen LogP contribution in [-0.4, -0.2) is 41.5 Å². The summed E-state index contributed by atoms with van der Waals surface area (Å²) in [5, 5.41) is 0. The zero-order chi connectivity index (χ0) is 12.3. The quantitative estimate of drug-likeness (QED) is 0.777. The number of piperazine rings is 1. The molecule has 1 fully saturated rings. The third kappa shape index (κ3) is 3.07. The maximum absolute atomic E-state index is 4.06. The van der Waals surface area contributed by atoms with Gasteiger partial charge in [0.2, 0.25) is 0 Å². The van der Waals surface area contributed by atoms with Crippen molar-refractivity contribution in [3.8, 4) is 0 Å². The standard InChI is InChI=1S/C14H21N3/c1-12(2)14-11-17(9-8-16(14)3)10-13-4-6-15-7-5-13/h4-7H,8-11H2,1-3H3. The first-order valence-electron chi connectivity index (χ1n) is 6.15. The molecular formula is C14H21N3. The molecule has 0 N–H and O–H groups in total. The Labute approximate surface area is 104 Å². The molecule has 0 amide bonds. The first-order valence-corrected chi connectivity index (χ1v) is 6.15. The first kappa shape index (κ1) is 12.1. The van der Waals surface area contributed by atoms with Crippen molar-refractivity contribution in [2.24, 2.45) is 0 Å². The largest absolute Gasteiger partial charge is 0.376 e. The lowest BCUT2D eigenvalue weighted by Gasteiger charge is -2.37. The third-order valence-corrected chi connectivity index (χ3v) is 3.32. The van der Waals surface area contributed by atoms with E-state index in [9.17, 15) is 0 Å². The van der Waals surface area contributed by atoms with Crippen LogP contribution < -0.4 is 0 Å². The molecule has 0 bridgehead atoms. The Balaban J connectivity index is 2.03. The van der Waals surface area contributed by atoms with Crippen LogP contribution in [0.5, 0.6) is 0 Å². The molecule has 0 radical (unpaired) electrons. The van der Waals surface area contributed by atoms with E-state index in [-0.39, 0.29) is 0 Å². The van der Waals surface area contributed by atoms with E-state index in [0.29, 0.717) is 0 Å². The van der Waals surface area contributed by atoms with Gasteiger partial charge in [-0.1, -0.05) is 5.57 Å². The second-order valence-electron chi connectivity index (χ2n) is 4.93. The summed E-state index contributed by atoms with van der Waals surface area (Å²) in [5.41, 5.74) is 4.23. The fourth-order valence-electron chi connectivity index (χ4n) is 2.26. The van der Waals surface area contributed by atoms with Crippen LogP contribution in [0, 0.1) is 0 Å². The summed E-state index contributed by atoms with van der Waals surface area (Å²) in [7, 11) is 2.19. The van der Waals surface area contributed by atoms with E-state index in [4.69, 9.17) is 0 Å².